The van der Waals surface area contributed by atoms with Crippen molar-refractivity contribution in [1.29, 1.82) is 0 Å². The lowest BCUT2D eigenvalue weighted by atomic mass is 10.2. The molecule has 2 aromatic rings. The van der Waals surface area contributed by atoms with Gasteiger partial charge >= 0.3 is 10.1 Å². The van der Waals surface area contributed by atoms with Gasteiger partial charge in [0.15, 0.2) is 0 Å². The number of furan rings is 1. The van der Waals surface area contributed by atoms with Crippen LogP contribution in [0.4, 0.5) is 0 Å². The molecule has 0 unspecified atom stereocenters. The fraction of sp³-hybridized carbons (Fsp3) is 0. The number of carbonyl (C=O) groups is 1. The highest BCUT2D eigenvalue weighted by Gasteiger charge is 2.14. The van der Waals surface area contributed by atoms with E-state index in [4.69, 9.17) is 8.97 Å². The second kappa shape index (κ2) is 5.68. The van der Waals surface area contributed by atoms with Crippen LogP contribution in [0, 0.1) is 0 Å². The van der Waals surface area contributed by atoms with Crippen LogP contribution in [0.25, 0.3) is 0 Å². The molecule has 0 aliphatic heterocycles. The molecule has 0 aliphatic carbocycles. The first kappa shape index (κ1) is 14.0. The van der Waals surface area contributed by atoms with E-state index in [2.05, 4.69) is 10.5 Å². The molecular weight excluding hydrogens is 284 g/mol. The molecule has 0 fully saturated rings. The van der Waals surface area contributed by atoms with E-state index in [1.165, 1.54) is 6.07 Å². The van der Waals surface area contributed by atoms with Gasteiger partial charge in [0.05, 0.1) is 6.21 Å². The lowest BCUT2D eigenvalue weighted by Crippen LogP contribution is -2.17. The number of benzene rings is 1. The minimum atomic E-state index is -4.38. The molecule has 1 aromatic heterocycles. The maximum atomic E-state index is 11.6. The summed E-state index contributed by atoms with van der Waals surface area (Å²) in [7, 11) is -4.38. The minimum absolute atomic E-state index is 0.0750. The normalized spacial score (nSPS) is 11.7. The van der Waals surface area contributed by atoms with Crippen LogP contribution in [0.2, 0.25) is 0 Å². The standard InChI is InChI=1S/C12H10N2O5S/c15-12(9-4-2-1-3-5-9)14-13-8-10-6-7-11(19-10)20(16,17)18/h1-8H,(H,14,15)(H,16,17,18). The number of nitrogens with zero attached hydrogens (tertiary/aromatic N) is 1. The Bertz CT molecular complexity index is 734. The van der Waals surface area contributed by atoms with E-state index in [9.17, 15) is 13.2 Å². The van der Waals surface area contributed by atoms with Gasteiger partial charge in [0.1, 0.15) is 5.76 Å². The molecule has 0 saturated heterocycles. The zero-order valence-corrected chi connectivity index (χ0v) is 10.9. The van der Waals surface area contributed by atoms with Crippen LogP contribution in [0.3, 0.4) is 0 Å². The van der Waals surface area contributed by atoms with Gasteiger partial charge in [0.2, 0.25) is 5.09 Å². The summed E-state index contributed by atoms with van der Waals surface area (Å²) in [4.78, 5) is 11.6. The molecule has 2 N–H and O–H groups in total. The molecule has 20 heavy (non-hydrogen) atoms. The average molecular weight is 294 g/mol. The van der Waals surface area contributed by atoms with Gasteiger partial charge in [-0.15, -0.1) is 0 Å². The van der Waals surface area contributed by atoms with E-state index in [0.717, 1.165) is 12.3 Å². The molecule has 1 aromatic carbocycles. The van der Waals surface area contributed by atoms with Gasteiger partial charge in [-0.3, -0.25) is 9.35 Å². The molecule has 0 radical (unpaired) electrons. The highest BCUT2D eigenvalue weighted by molar-refractivity contribution is 7.85. The Hall–Kier alpha value is -2.45. The smallest absolute Gasteiger partial charge is 0.328 e. The largest absolute Gasteiger partial charge is 0.441 e. The lowest BCUT2D eigenvalue weighted by molar-refractivity contribution is 0.0955. The molecule has 0 aliphatic rings. The Morgan fingerprint density at radius 2 is 1.90 bits per heavy atom. The Balaban J connectivity index is 2.01. The highest BCUT2D eigenvalue weighted by Crippen LogP contribution is 2.11. The molecular formula is C12H10N2O5S. The molecule has 0 spiro atoms. The number of amides is 1. The molecule has 8 heteroatoms. The summed E-state index contributed by atoms with van der Waals surface area (Å²) >= 11 is 0. The summed E-state index contributed by atoms with van der Waals surface area (Å²) in [6, 6.07) is 10.8. The third kappa shape index (κ3) is 3.53. The summed E-state index contributed by atoms with van der Waals surface area (Å²) in [5, 5.41) is 3.03. The summed E-state index contributed by atoms with van der Waals surface area (Å²) in [6.45, 7) is 0. The summed E-state index contributed by atoms with van der Waals surface area (Å²) in [5.41, 5.74) is 2.69. The maximum absolute atomic E-state index is 11.6. The van der Waals surface area contributed by atoms with Crippen molar-refractivity contribution in [3.05, 3.63) is 53.8 Å². The van der Waals surface area contributed by atoms with Crippen molar-refractivity contribution in [2.45, 2.75) is 5.09 Å². The Morgan fingerprint density at radius 3 is 2.50 bits per heavy atom. The molecule has 0 saturated carbocycles. The predicted octanol–water partition coefficient (Wildman–Crippen LogP) is 1.29. The van der Waals surface area contributed by atoms with Gasteiger partial charge in [-0.1, -0.05) is 18.2 Å². The number of nitrogens with one attached hydrogen (secondary N) is 1. The lowest BCUT2D eigenvalue weighted by Gasteiger charge is -1.97. The maximum Gasteiger partial charge on any atom is 0.328 e. The molecule has 1 heterocycles. The van der Waals surface area contributed by atoms with Crippen LogP contribution in [-0.2, 0) is 10.1 Å². The van der Waals surface area contributed by atoms with Crippen LogP contribution in [0.15, 0.2) is 57.1 Å². The van der Waals surface area contributed by atoms with Gasteiger partial charge in [-0.05, 0) is 24.3 Å². The Morgan fingerprint density at radius 1 is 1.20 bits per heavy atom. The SMILES string of the molecule is O=C(NN=Cc1ccc(S(=O)(=O)O)o1)c1ccccc1. The number of rotatable bonds is 4. The third-order valence-electron chi connectivity index (χ3n) is 2.25. The fourth-order valence-corrected chi connectivity index (χ4v) is 1.79. The first-order chi connectivity index (χ1) is 9.47. The van der Waals surface area contributed by atoms with E-state index in [1.807, 2.05) is 0 Å². The van der Waals surface area contributed by atoms with Gasteiger partial charge in [0.25, 0.3) is 5.91 Å². The van der Waals surface area contributed by atoms with Gasteiger partial charge < -0.3 is 4.42 Å². The number of carbonyl (C=O) groups excluding carboxylic acids is 1. The van der Waals surface area contributed by atoms with Crippen molar-refractivity contribution < 1.29 is 22.2 Å². The number of hydrogen-bond acceptors (Lipinski definition) is 5. The van der Waals surface area contributed by atoms with Crippen molar-refractivity contribution in [2.75, 3.05) is 0 Å². The molecule has 0 atom stereocenters. The number of hydrazone groups is 1. The molecule has 2 rings (SSSR count). The topological polar surface area (TPSA) is 109 Å². The molecule has 7 nitrogen and oxygen atoms in total. The van der Waals surface area contributed by atoms with Gasteiger partial charge in [0, 0.05) is 5.56 Å². The first-order valence-electron chi connectivity index (χ1n) is 5.42. The van der Waals surface area contributed by atoms with Crippen molar-refractivity contribution in [1.82, 2.24) is 5.43 Å². The Kier molecular flexibility index (Phi) is 3.97. The summed E-state index contributed by atoms with van der Waals surface area (Å²) in [6.07, 6.45) is 1.12. The second-order valence-electron chi connectivity index (χ2n) is 3.70. The van der Waals surface area contributed by atoms with Crippen LogP contribution < -0.4 is 5.43 Å². The zero-order valence-electron chi connectivity index (χ0n) is 10.1. The summed E-state index contributed by atoms with van der Waals surface area (Å²) in [5.74, 6) is -0.339. The van der Waals surface area contributed by atoms with Crippen LogP contribution in [0.1, 0.15) is 16.1 Å². The average Bonchev–Trinajstić information content (AvgIpc) is 2.88. The molecule has 0 bridgehead atoms. The van der Waals surface area contributed by atoms with Crippen molar-refractivity contribution in [3.8, 4) is 0 Å². The van der Waals surface area contributed by atoms with Crippen LogP contribution >= 0.6 is 0 Å². The minimum Gasteiger partial charge on any atom is -0.441 e. The number of hydrogen-bond donors (Lipinski definition) is 2. The van der Waals surface area contributed by atoms with Crippen molar-refractivity contribution in [3.63, 3.8) is 0 Å². The highest BCUT2D eigenvalue weighted by atomic mass is 32.2. The molecule has 1 amide bonds. The van der Waals surface area contributed by atoms with Crippen LogP contribution in [0.5, 0.6) is 0 Å². The quantitative estimate of drug-likeness (QED) is 0.501. The zero-order chi connectivity index (χ0) is 14.6. The predicted molar refractivity (Wildman–Crippen MR) is 70.0 cm³/mol. The van der Waals surface area contributed by atoms with Gasteiger partial charge in [-0.2, -0.15) is 13.5 Å². The monoisotopic (exact) mass is 294 g/mol. The van der Waals surface area contributed by atoms with E-state index >= 15 is 0 Å². The van der Waals surface area contributed by atoms with E-state index < -0.39 is 21.1 Å². The molecule has 104 valence electrons. The summed E-state index contributed by atoms with van der Waals surface area (Å²) < 4.78 is 35.0. The van der Waals surface area contributed by atoms with E-state index in [-0.39, 0.29) is 5.76 Å². The van der Waals surface area contributed by atoms with Crippen molar-refractivity contribution >= 4 is 22.2 Å². The van der Waals surface area contributed by atoms with E-state index in [1.54, 1.807) is 30.3 Å². The Labute approximate surface area is 114 Å². The van der Waals surface area contributed by atoms with Gasteiger partial charge in [-0.25, -0.2) is 5.43 Å². The van der Waals surface area contributed by atoms with Crippen molar-refractivity contribution in [2.24, 2.45) is 5.10 Å². The first-order valence-corrected chi connectivity index (χ1v) is 6.86. The second-order valence-corrected chi connectivity index (χ2v) is 5.05. The van der Waals surface area contributed by atoms with Crippen LogP contribution in [-0.4, -0.2) is 25.1 Å². The fourth-order valence-electron chi connectivity index (χ4n) is 1.35. The van der Waals surface area contributed by atoms with E-state index in [0.29, 0.717) is 5.56 Å². The third-order valence-corrected chi connectivity index (χ3v) is 2.98.